The molecule has 1 saturated carbocycles. The van der Waals surface area contributed by atoms with Crippen LogP contribution in [-0.2, 0) is 19.0 Å². The number of esters is 1. The van der Waals surface area contributed by atoms with Gasteiger partial charge >= 0.3 is 12.1 Å². The second-order valence-electron chi connectivity index (χ2n) is 8.84. The summed E-state index contributed by atoms with van der Waals surface area (Å²) in [5, 5.41) is 0. The molecule has 6 heteroatoms. The lowest BCUT2D eigenvalue weighted by molar-refractivity contribution is -0.145. The minimum Gasteiger partial charge on any atom is -0.467 e. The SMILES string of the molecule is COC(=O)[C@@H]1C[C@@H](OC2CCCCCCCCC2)CN1C(=O)OC(C)(C)C. The Morgan fingerprint density at radius 3 is 1.96 bits per heavy atom. The van der Waals surface area contributed by atoms with Crippen molar-refractivity contribution in [3.05, 3.63) is 0 Å². The number of rotatable bonds is 3. The molecule has 1 aliphatic heterocycles. The van der Waals surface area contributed by atoms with Gasteiger partial charge in [0.1, 0.15) is 11.6 Å². The van der Waals surface area contributed by atoms with Crippen LogP contribution in [0.25, 0.3) is 0 Å². The topological polar surface area (TPSA) is 65.1 Å². The Bertz CT molecular complexity index is 477. The molecule has 0 radical (unpaired) electrons. The first-order valence-electron chi connectivity index (χ1n) is 10.5. The fourth-order valence-corrected chi connectivity index (χ4v) is 3.96. The number of carbonyl (C=O) groups is 2. The zero-order valence-corrected chi connectivity index (χ0v) is 17.5. The number of carbonyl (C=O) groups excluding carboxylic acids is 2. The first kappa shape index (κ1) is 22.0. The summed E-state index contributed by atoms with van der Waals surface area (Å²) in [4.78, 5) is 26.2. The minimum atomic E-state index is -0.630. The summed E-state index contributed by atoms with van der Waals surface area (Å²) in [6.45, 7) is 5.84. The van der Waals surface area contributed by atoms with Crippen molar-refractivity contribution in [1.29, 1.82) is 0 Å². The lowest BCUT2D eigenvalue weighted by atomic mass is 9.99. The molecule has 6 nitrogen and oxygen atoms in total. The summed E-state index contributed by atoms with van der Waals surface area (Å²) in [5.74, 6) is -0.405. The number of amides is 1. The van der Waals surface area contributed by atoms with Crippen molar-refractivity contribution in [3.63, 3.8) is 0 Å². The van der Waals surface area contributed by atoms with E-state index in [1.807, 2.05) is 20.8 Å². The number of hydrogen-bond donors (Lipinski definition) is 0. The minimum absolute atomic E-state index is 0.144. The van der Waals surface area contributed by atoms with Crippen molar-refractivity contribution in [2.24, 2.45) is 0 Å². The summed E-state index contributed by atoms with van der Waals surface area (Å²) in [6, 6.07) is -0.630. The van der Waals surface area contributed by atoms with Gasteiger partial charge in [0.05, 0.1) is 25.9 Å². The fourth-order valence-electron chi connectivity index (χ4n) is 3.96. The quantitative estimate of drug-likeness (QED) is 0.674. The second-order valence-corrected chi connectivity index (χ2v) is 8.84. The van der Waals surface area contributed by atoms with Crippen molar-refractivity contribution >= 4 is 12.1 Å². The molecule has 0 spiro atoms. The molecule has 0 unspecified atom stereocenters. The number of methoxy groups -OCH3 is 1. The molecule has 0 N–H and O–H groups in total. The number of nitrogens with zero attached hydrogens (tertiary/aromatic N) is 1. The highest BCUT2D eigenvalue weighted by atomic mass is 16.6. The molecule has 2 fully saturated rings. The van der Waals surface area contributed by atoms with Crippen molar-refractivity contribution in [2.45, 2.75) is 109 Å². The standard InChI is InChI=1S/C21H37NO5/c1-21(2,3)27-20(24)22-15-17(14-18(22)19(23)25-4)26-16-12-10-8-6-5-7-9-11-13-16/h16-18H,5-15H2,1-4H3/t17-,18+/m1/s1. The molecule has 1 aliphatic carbocycles. The van der Waals surface area contributed by atoms with Crippen LogP contribution in [0, 0.1) is 0 Å². The van der Waals surface area contributed by atoms with E-state index in [1.54, 1.807) is 0 Å². The number of likely N-dealkylation sites (tertiary alicyclic amines) is 1. The van der Waals surface area contributed by atoms with Crippen LogP contribution in [0.15, 0.2) is 0 Å². The largest absolute Gasteiger partial charge is 0.467 e. The maximum atomic E-state index is 12.6. The van der Waals surface area contributed by atoms with Crippen LogP contribution in [0.2, 0.25) is 0 Å². The summed E-state index contributed by atoms with van der Waals surface area (Å²) in [7, 11) is 1.35. The smallest absolute Gasteiger partial charge is 0.411 e. The van der Waals surface area contributed by atoms with Crippen molar-refractivity contribution in [2.75, 3.05) is 13.7 Å². The van der Waals surface area contributed by atoms with E-state index in [-0.39, 0.29) is 12.2 Å². The molecule has 27 heavy (non-hydrogen) atoms. The fraction of sp³-hybridized carbons (Fsp3) is 0.905. The van der Waals surface area contributed by atoms with E-state index in [1.165, 1.54) is 57.0 Å². The Kier molecular flexibility index (Phi) is 8.39. The first-order valence-corrected chi connectivity index (χ1v) is 10.5. The highest BCUT2D eigenvalue weighted by Crippen LogP contribution is 2.27. The lowest BCUT2D eigenvalue weighted by Crippen LogP contribution is -2.44. The predicted molar refractivity (Wildman–Crippen MR) is 104 cm³/mol. The van der Waals surface area contributed by atoms with E-state index >= 15 is 0 Å². The van der Waals surface area contributed by atoms with Crippen LogP contribution in [0.4, 0.5) is 4.79 Å². The van der Waals surface area contributed by atoms with Crippen LogP contribution in [-0.4, -0.2) is 54.5 Å². The van der Waals surface area contributed by atoms with Gasteiger partial charge in [-0.25, -0.2) is 9.59 Å². The Hall–Kier alpha value is -1.30. The summed E-state index contributed by atoms with van der Waals surface area (Å²) in [6.07, 6.45) is 11.1. The maximum absolute atomic E-state index is 12.6. The summed E-state index contributed by atoms with van der Waals surface area (Å²) >= 11 is 0. The summed E-state index contributed by atoms with van der Waals surface area (Å²) < 4.78 is 16.7. The van der Waals surface area contributed by atoms with Gasteiger partial charge in [-0.2, -0.15) is 0 Å². The normalized spacial score (nSPS) is 25.9. The Morgan fingerprint density at radius 1 is 0.889 bits per heavy atom. The van der Waals surface area contributed by atoms with Gasteiger partial charge in [-0.3, -0.25) is 4.90 Å². The van der Waals surface area contributed by atoms with Crippen molar-refractivity contribution < 1.29 is 23.8 Å². The molecule has 2 atom stereocenters. The summed E-state index contributed by atoms with van der Waals surface area (Å²) in [5.41, 5.74) is -0.604. The van der Waals surface area contributed by atoms with Gasteiger partial charge in [-0.1, -0.05) is 44.9 Å². The van der Waals surface area contributed by atoms with Crippen LogP contribution in [0.1, 0.15) is 85.0 Å². The Labute approximate surface area is 163 Å². The molecule has 0 aromatic carbocycles. The predicted octanol–water partition coefficient (Wildman–Crippen LogP) is 4.45. The third kappa shape index (κ3) is 7.32. The Morgan fingerprint density at radius 2 is 1.44 bits per heavy atom. The van der Waals surface area contributed by atoms with Crippen LogP contribution >= 0.6 is 0 Å². The van der Waals surface area contributed by atoms with Gasteiger partial charge in [0, 0.05) is 6.42 Å². The highest BCUT2D eigenvalue weighted by molar-refractivity contribution is 5.82. The van der Waals surface area contributed by atoms with Crippen LogP contribution in [0.5, 0.6) is 0 Å². The van der Waals surface area contributed by atoms with Crippen LogP contribution in [0.3, 0.4) is 0 Å². The molecular formula is C21H37NO5. The molecule has 2 rings (SSSR count). The third-order valence-corrected chi connectivity index (χ3v) is 5.30. The van der Waals surface area contributed by atoms with E-state index in [4.69, 9.17) is 14.2 Å². The van der Waals surface area contributed by atoms with Gasteiger partial charge in [0.15, 0.2) is 0 Å². The molecular weight excluding hydrogens is 346 g/mol. The Balaban J connectivity index is 1.98. The van der Waals surface area contributed by atoms with Crippen molar-refractivity contribution in [3.8, 4) is 0 Å². The van der Waals surface area contributed by atoms with Crippen LogP contribution < -0.4 is 0 Å². The zero-order valence-electron chi connectivity index (χ0n) is 17.5. The molecule has 156 valence electrons. The molecule has 0 aromatic rings. The number of hydrogen-bond acceptors (Lipinski definition) is 5. The first-order chi connectivity index (χ1) is 12.8. The highest BCUT2D eigenvalue weighted by Gasteiger charge is 2.43. The van der Waals surface area contributed by atoms with Gasteiger partial charge < -0.3 is 14.2 Å². The molecule has 0 bridgehead atoms. The molecule has 1 amide bonds. The van der Waals surface area contributed by atoms with E-state index < -0.39 is 23.7 Å². The van der Waals surface area contributed by atoms with Gasteiger partial charge in [-0.15, -0.1) is 0 Å². The van der Waals surface area contributed by atoms with E-state index in [9.17, 15) is 9.59 Å². The average molecular weight is 384 g/mol. The third-order valence-electron chi connectivity index (χ3n) is 5.30. The lowest BCUT2D eigenvalue weighted by Gasteiger charge is -2.27. The van der Waals surface area contributed by atoms with Gasteiger partial charge in [0.25, 0.3) is 0 Å². The van der Waals surface area contributed by atoms with Gasteiger partial charge in [0.2, 0.25) is 0 Å². The maximum Gasteiger partial charge on any atom is 0.411 e. The molecule has 1 saturated heterocycles. The number of ether oxygens (including phenoxy) is 3. The van der Waals surface area contributed by atoms with E-state index in [0.29, 0.717) is 13.0 Å². The van der Waals surface area contributed by atoms with Crippen molar-refractivity contribution in [1.82, 2.24) is 4.90 Å². The average Bonchev–Trinajstić information content (AvgIpc) is 3.02. The molecule has 2 aliphatic rings. The van der Waals surface area contributed by atoms with E-state index in [2.05, 4.69) is 0 Å². The monoisotopic (exact) mass is 383 g/mol. The second kappa shape index (κ2) is 10.3. The molecule has 0 aromatic heterocycles. The zero-order chi connectivity index (χ0) is 19.9. The van der Waals surface area contributed by atoms with E-state index in [0.717, 1.165) is 12.8 Å². The van der Waals surface area contributed by atoms with Gasteiger partial charge in [-0.05, 0) is 33.6 Å². The molecule has 1 heterocycles.